The van der Waals surface area contributed by atoms with Gasteiger partial charge in [0.05, 0.1) is 21.7 Å². The third-order valence-corrected chi connectivity index (χ3v) is 4.39. The molecule has 0 spiro atoms. The molecule has 0 saturated carbocycles. The van der Waals surface area contributed by atoms with Gasteiger partial charge in [-0.2, -0.15) is 0 Å². The summed E-state index contributed by atoms with van der Waals surface area (Å²) in [6, 6.07) is 11.7. The number of rotatable bonds is 1. The molecule has 0 fully saturated rings. The summed E-state index contributed by atoms with van der Waals surface area (Å²) in [5.74, 6) is 0. The maximum absolute atomic E-state index is 6.29. The lowest BCUT2D eigenvalue weighted by Crippen LogP contribution is -1.95. The molecule has 1 N–H and O–H groups in total. The Balaban J connectivity index is 2.42. The average Bonchev–Trinajstić information content (AvgIpc) is 2.68. The average molecular weight is 419 g/mol. The second kappa shape index (κ2) is 5.05. The topological polar surface area (TPSA) is 20.7 Å². The van der Waals surface area contributed by atoms with E-state index in [9.17, 15) is 0 Å². The largest absolute Gasteiger partial charge is 0.330 e. The molecule has 2 aromatic carbocycles. The van der Waals surface area contributed by atoms with E-state index in [1.165, 1.54) is 0 Å². The Morgan fingerprint density at radius 2 is 1.74 bits per heavy atom. The lowest BCUT2D eigenvalue weighted by atomic mass is 10.3. The van der Waals surface area contributed by atoms with Crippen molar-refractivity contribution in [1.82, 2.24) is 9.55 Å². The highest BCUT2D eigenvalue weighted by Gasteiger charge is 2.10. The van der Waals surface area contributed by atoms with Crippen LogP contribution in [0.15, 0.2) is 45.3 Å². The summed E-state index contributed by atoms with van der Waals surface area (Å²) >= 11 is 18.6. The predicted molar refractivity (Wildman–Crippen MR) is 88.9 cm³/mol. The molecule has 0 atom stereocenters. The van der Waals surface area contributed by atoms with E-state index in [1.807, 2.05) is 41.0 Å². The Hall–Kier alpha value is -0.620. The molecule has 0 saturated heterocycles. The van der Waals surface area contributed by atoms with Crippen LogP contribution in [0.2, 0.25) is 5.02 Å². The van der Waals surface area contributed by atoms with Crippen LogP contribution < -0.4 is 0 Å². The molecular weight excluding hydrogens is 411 g/mol. The number of benzene rings is 2. The minimum Gasteiger partial charge on any atom is -0.330 e. The van der Waals surface area contributed by atoms with Gasteiger partial charge in [-0.25, -0.2) is 0 Å². The van der Waals surface area contributed by atoms with E-state index in [1.54, 1.807) is 0 Å². The van der Waals surface area contributed by atoms with Gasteiger partial charge in [0, 0.05) is 8.95 Å². The van der Waals surface area contributed by atoms with E-state index in [4.69, 9.17) is 23.8 Å². The van der Waals surface area contributed by atoms with Crippen molar-refractivity contribution in [3.8, 4) is 5.69 Å². The molecule has 0 bridgehead atoms. The number of imidazole rings is 1. The molecule has 0 aliphatic rings. The van der Waals surface area contributed by atoms with Crippen LogP contribution in [0.25, 0.3) is 16.7 Å². The van der Waals surface area contributed by atoms with E-state index in [-0.39, 0.29) is 0 Å². The number of fused-ring (bicyclic) bond motifs is 1. The first-order valence-electron chi connectivity index (χ1n) is 5.42. The third kappa shape index (κ3) is 2.40. The predicted octanol–water partition coefficient (Wildman–Crippen LogP) is 5.87. The van der Waals surface area contributed by atoms with Crippen LogP contribution in [0.1, 0.15) is 0 Å². The van der Waals surface area contributed by atoms with Crippen LogP contribution in [0.5, 0.6) is 0 Å². The van der Waals surface area contributed by atoms with Gasteiger partial charge in [0.15, 0.2) is 4.77 Å². The smallest absolute Gasteiger partial charge is 0.182 e. The molecule has 96 valence electrons. The monoisotopic (exact) mass is 416 g/mol. The van der Waals surface area contributed by atoms with Crippen molar-refractivity contribution in [2.45, 2.75) is 0 Å². The first-order valence-corrected chi connectivity index (χ1v) is 7.79. The van der Waals surface area contributed by atoms with Gasteiger partial charge >= 0.3 is 0 Å². The lowest BCUT2D eigenvalue weighted by Gasteiger charge is -2.08. The number of aromatic nitrogens is 2. The van der Waals surface area contributed by atoms with E-state index in [0.29, 0.717) is 9.79 Å². The van der Waals surface area contributed by atoms with Crippen molar-refractivity contribution in [3.63, 3.8) is 0 Å². The zero-order valence-corrected chi connectivity index (χ0v) is 14.2. The number of nitrogens with one attached hydrogen (secondary N) is 1. The van der Waals surface area contributed by atoms with Gasteiger partial charge in [-0.15, -0.1) is 0 Å². The number of hydrogen-bond acceptors (Lipinski definition) is 1. The normalized spacial score (nSPS) is 11.1. The number of nitrogens with zero attached hydrogens (tertiary/aromatic N) is 1. The molecule has 6 heteroatoms. The Bertz CT molecular complexity index is 838. The van der Waals surface area contributed by atoms with Gasteiger partial charge in [-0.05, 0) is 48.6 Å². The summed E-state index contributed by atoms with van der Waals surface area (Å²) < 4.78 is 4.50. The molecule has 3 aromatic rings. The second-order valence-electron chi connectivity index (χ2n) is 4.02. The molecule has 0 aliphatic carbocycles. The zero-order valence-electron chi connectivity index (χ0n) is 9.45. The van der Waals surface area contributed by atoms with Crippen LogP contribution in [0.4, 0.5) is 0 Å². The van der Waals surface area contributed by atoms with E-state index in [2.05, 4.69) is 36.8 Å². The summed E-state index contributed by atoms with van der Waals surface area (Å²) in [6.45, 7) is 0. The van der Waals surface area contributed by atoms with Crippen LogP contribution >= 0.6 is 55.7 Å². The van der Waals surface area contributed by atoms with Gasteiger partial charge in [-0.1, -0.05) is 43.5 Å². The van der Waals surface area contributed by atoms with Crippen LogP contribution in [-0.2, 0) is 0 Å². The summed E-state index contributed by atoms with van der Waals surface area (Å²) in [5.41, 5.74) is 2.81. The first-order chi connectivity index (χ1) is 9.06. The number of hydrogen-bond donors (Lipinski definition) is 1. The van der Waals surface area contributed by atoms with Crippen molar-refractivity contribution in [1.29, 1.82) is 0 Å². The summed E-state index contributed by atoms with van der Waals surface area (Å²) in [7, 11) is 0. The summed E-state index contributed by atoms with van der Waals surface area (Å²) in [6.07, 6.45) is 0. The van der Waals surface area contributed by atoms with Gasteiger partial charge in [-0.3, -0.25) is 4.57 Å². The first kappa shape index (κ1) is 13.4. The van der Waals surface area contributed by atoms with Gasteiger partial charge in [0.25, 0.3) is 0 Å². The van der Waals surface area contributed by atoms with Crippen molar-refractivity contribution < 1.29 is 0 Å². The van der Waals surface area contributed by atoms with Crippen molar-refractivity contribution in [3.05, 3.63) is 55.1 Å². The minimum absolute atomic E-state index is 0.619. The van der Waals surface area contributed by atoms with Crippen LogP contribution in [0.3, 0.4) is 0 Å². The fourth-order valence-corrected chi connectivity index (χ4v) is 3.18. The van der Waals surface area contributed by atoms with Crippen LogP contribution in [-0.4, -0.2) is 9.55 Å². The van der Waals surface area contributed by atoms with Gasteiger partial charge < -0.3 is 4.98 Å². The molecule has 1 aromatic heterocycles. The number of aromatic amines is 1. The highest BCUT2D eigenvalue weighted by molar-refractivity contribution is 9.10. The minimum atomic E-state index is 0.619. The Morgan fingerprint density at radius 3 is 2.53 bits per heavy atom. The molecule has 0 amide bonds. The summed E-state index contributed by atoms with van der Waals surface area (Å²) in [4.78, 5) is 3.18. The Labute approximate surface area is 136 Å². The standard InChI is InChI=1S/C13H7Br2ClN2S/c14-7-1-3-9(16)11(5-7)18-12-6-8(15)2-4-10(12)17-13(18)19/h1-6H,(H,17,19). The molecule has 0 aliphatic heterocycles. The number of halogens is 3. The maximum Gasteiger partial charge on any atom is 0.182 e. The summed E-state index contributed by atoms with van der Waals surface area (Å²) in [5, 5.41) is 0.653. The zero-order chi connectivity index (χ0) is 13.6. The Morgan fingerprint density at radius 1 is 1.05 bits per heavy atom. The van der Waals surface area contributed by atoms with Crippen molar-refractivity contribution >= 4 is 66.7 Å². The molecule has 0 radical (unpaired) electrons. The molecule has 2 nitrogen and oxygen atoms in total. The number of H-pyrrole nitrogens is 1. The van der Waals surface area contributed by atoms with Crippen molar-refractivity contribution in [2.24, 2.45) is 0 Å². The third-order valence-electron chi connectivity index (χ3n) is 2.79. The molecule has 19 heavy (non-hydrogen) atoms. The van der Waals surface area contributed by atoms with Gasteiger partial charge in [0.1, 0.15) is 0 Å². The lowest BCUT2D eigenvalue weighted by molar-refractivity contribution is 1.06. The SMILES string of the molecule is S=c1[nH]c2ccc(Br)cc2n1-c1cc(Br)ccc1Cl. The molecule has 3 rings (SSSR count). The van der Waals surface area contributed by atoms with E-state index < -0.39 is 0 Å². The second-order valence-corrected chi connectivity index (χ2v) is 6.65. The Kier molecular flexibility index (Phi) is 3.55. The fraction of sp³-hybridized carbons (Fsp3) is 0. The van der Waals surface area contributed by atoms with E-state index in [0.717, 1.165) is 25.7 Å². The maximum atomic E-state index is 6.29. The highest BCUT2D eigenvalue weighted by atomic mass is 79.9. The molecule has 0 unspecified atom stereocenters. The molecular formula is C13H7Br2ClN2S. The van der Waals surface area contributed by atoms with E-state index >= 15 is 0 Å². The van der Waals surface area contributed by atoms with Crippen LogP contribution in [0, 0.1) is 4.77 Å². The quantitative estimate of drug-likeness (QED) is 0.491. The fourth-order valence-electron chi connectivity index (χ4n) is 1.97. The highest BCUT2D eigenvalue weighted by Crippen LogP contribution is 2.29. The molecule has 1 heterocycles. The van der Waals surface area contributed by atoms with Crippen molar-refractivity contribution in [2.75, 3.05) is 0 Å². The van der Waals surface area contributed by atoms with Gasteiger partial charge in [0.2, 0.25) is 0 Å².